The van der Waals surface area contributed by atoms with Crippen molar-refractivity contribution in [3.63, 3.8) is 0 Å². The maximum absolute atomic E-state index is 12.0. The van der Waals surface area contributed by atoms with Crippen LogP contribution in [0.15, 0.2) is 60.7 Å². The summed E-state index contributed by atoms with van der Waals surface area (Å²) in [7, 11) is -2.89. The van der Waals surface area contributed by atoms with Crippen molar-refractivity contribution in [2.24, 2.45) is 0 Å². The first-order valence-corrected chi connectivity index (χ1v) is 9.36. The fourth-order valence-electron chi connectivity index (χ4n) is 1.73. The summed E-state index contributed by atoms with van der Waals surface area (Å²) < 4.78 is 10.7. The van der Waals surface area contributed by atoms with Crippen LogP contribution < -0.4 is 0 Å². The number of hydrogen-bond donors (Lipinski definition) is 0. The average Bonchev–Trinajstić information content (AvgIpc) is 2.48. The summed E-state index contributed by atoms with van der Waals surface area (Å²) in [6, 6.07) is 17.3. The average molecular weight is 300 g/mol. The van der Waals surface area contributed by atoms with Crippen LogP contribution in [0.2, 0.25) is 13.1 Å². The molecule has 2 aromatic carbocycles. The lowest BCUT2D eigenvalue weighted by molar-refractivity contribution is 0.0577. The predicted octanol–water partition coefficient (Wildman–Crippen LogP) is 3.40. The number of rotatable bonds is 4. The zero-order chi connectivity index (χ0) is 15.3. The normalized spacial score (nSPS) is 10.8. The molecule has 2 rings (SSSR count). The molecular weight excluding hydrogens is 284 g/mol. The largest absolute Gasteiger partial charge is 0.481 e. The van der Waals surface area contributed by atoms with E-state index in [1.54, 1.807) is 61.6 Å². The smallest absolute Gasteiger partial charge is 0.458 e. The van der Waals surface area contributed by atoms with Crippen molar-refractivity contribution in [2.45, 2.75) is 13.1 Å². The fourth-order valence-corrected chi connectivity index (χ4v) is 2.90. The molecule has 0 aliphatic heterocycles. The van der Waals surface area contributed by atoms with E-state index in [0.717, 1.165) is 0 Å². The molecule has 0 unspecified atom stereocenters. The Hall–Kier alpha value is -2.40. The van der Waals surface area contributed by atoms with Crippen molar-refractivity contribution in [3.05, 3.63) is 71.8 Å². The molecule has 0 aromatic heterocycles. The van der Waals surface area contributed by atoms with Gasteiger partial charge in [-0.25, -0.2) is 9.59 Å². The molecule has 4 nitrogen and oxygen atoms in total. The van der Waals surface area contributed by atoms with Crippen LogP contribution in [0.3, 0.4) is 0 Å². The Labute approximate surface area is 124 Å². The Kier molecular flexibility index (Phi) is 4.54. The van der Waals surface area contributed by atoms with E-state index in [4.69, 9.17) is 8.85 Å². The highest BCUT2D eigenvalue weighted by Gasteiger charge is 2.34. The van der Waals surface area contributed by atoms with E-state index in [0.29, 0.717) is 11.1 Å². The summed E-state index contributed by atoms with van der Waals surface area (Å²) in [5, 5.41) is 0. The monoisotopic (exact) mass is 300 g/mol. The maximum atomic E-state index is 12.0. The Balaban J connectivity index is 2.02. The highest BCUT2D eigenvalue weighted by atomic mass is 28.4. The van der Waals surface area contributed by atoms with Gasteiger partial charge in [0.2, 0.25) is 0 Å². The van der Waals surface area contributed by atoms with Gasteiger partial charge in [0.15, 0.2) is 0 Å². The summed E-state index contributed by atoms with van der Waals surface area (Å²) in [4.78, 5) is 24.0. The lowest BCUT2D eigenvalue weighted by Crippen LogP contribution is -2.39. The first kappa shape index (κ1) is 15.0. The minimum Gasteiger partial charge on any atom is -0.481 e. The SMILES string of the molecule is C[Si](C)(OC(=O)c1ccccc1)OC(=O)c1ccccc1. The summed E-state index contributed by atoms with van der Waals surface area (Å²) in [6.45, 7) is 3.32. The molecule has 21 heavy (non-hydrogen) atoms. The van der Waals surface area contributed by atoms with Crippen LogP contribution in [-0.4, -0.2) is 20.5 Å². The van der Waals surface area contributed by atoms with Gasteiger partial charge in [-0.05, 0) is 24.3 Å². The van der Waals surface area contributed by atoms with E-state index < -0.39 is 20.5 Å². The van der Waals surface area contributed by atoms with Gasteiger partial charge in [-0.3, -0.25) is 0 Å². The molecule has 0 atom stereocenters. The predicted molar refractivity (Wildman–Crippen MR) is 81.2 cm³/mol. The summed E-state index contributed by atoms with van der Waals surface area (Å²) in [5.41, 5.74) is 0.877. The van der Waals surface area contributed by atoms with Crippen LogP contribution in [0, 0.1) is 0 Å². The summed E-state index contributed by atoms with van der Waals surface area (Å²) in [5.74, 6) is -0.957. The number of carbonyl (C=O) groups excluding carboxylic acids is 2. The van der Waals surface area contributed by atoms with E-state index in [2.05, 4.69) is 0 Å². The molecular formula is C16H16O4Si. The first-order valence-electron chi connectivity index (χ1n) is 6.55. The third-order valence-corrected chi connectivity index (χ3v) is 4.05. The zero-order valence-electron chi connectivity index (χ0n) is 11.9. The minimum atomic E-state index is -2.89. The van der Waals surface area contributed by atoms with Gasteiger partial charge in [0.1, 0.15) is 0 Å². The van der Waals surface area contributed by atoms with Crippen molar-refractivity contribution in [1.82, 2.24) is 0 Å². The van der Waals surface area contributed by atoms with E-state index >= 15 is 0 Å². The second-order valence-electron chi connectivity index (χ2n) is 4.91. The van der Waals surface area contributed by atoms with Gasteiger partial charge in [-0.2, -0.15) is 0 Å². The van der Waals surface area contributed by atoms with Crippen molar-refractivity contribution < 1.29 is 18.4 Å². The van der Waals surface area contributed by atoms with Crippen molar-refractivity contribution >= 4 is 20.5 Å². The molecule has 0 bridgehead atoms. The van der Waals surface area contributed by atoms with Crippen LogP contribution in [-0.2, 0) is 8.85 Å². The van der Waals surface area contributed by atoms with Crippen LogP contribution in [0.25, 0.3) is 0 Å². The maximum Gasteiger partial charge on any atom is 0.458 e. The van der Waals surface area contributed by atoms with Crippen LogP contribution >= 0.6 is 0 Å². The summed E-state index contributed by atoms with van der Waals surface area (Å²) in [6.07, 6.45) is 0. The van der Waals surface area contributed by atoms with E-state index in [-0.39, 0.29) is 0 Å². The van der Waals surface area contributed by atoms with E-state index in [1.165, 1.54) is 0 Å². The lowest BCUT2D eigenvalue weighted by Gasteiger charge is -2.22. The van der Waals surface area contributed by atoms with Gasteiger partial charge in [0.25, 0.3) is 0 Å². The van der Waals surface area contributed by atoms with Gasteiger partial charge in [0, 0.05) is 13.1 Å². The van der Waals surface area contributed by atoms with Gasteiger partial charge in [-0.15, -0.1) is 0 Å². The topological polar surface area (TPSA) is 52.6 Å². The Morgan fingerprint density at radius 3 is 1.38 bits per heavy atom. The summed E-state index contributed by atoms with van der Waals surface area (Å²) >= 11 is 0. The van der Waals surface area contributed by atoms with Gasteiger partial charge >= 0.3 is 20.5 Å². The van der Waals surface area contributed by atoms with Crippen LogP contribution in [0.5, 0.6) is 0 Å². The minimum absolute atomic E-state index is 0.439. The number of hydrogen-bond acceptors (Lipinski definition) is 4. The molecule has 0 spiro atoms. The third-order valence-electron chi connectivity index (χ3n) is 2.70. The highest BCUT2D eigenvalue weighted by molar-refractivity contribution is 6.68. The Morgan fingerprint density at radius 1 is 0.714 bits per heavy atom. The molecule has 108 valence electrons. The molecule has 0 N–H and O–H groups in total. The van der Waals surface area contributed by atoms with Gasteiger partial charge < -0.3 is 8.85 Å². The molecule has 0 saturated heterocycles. The second-order valence-corrected chi connectivity index (χ2v) is 8.12. The Bertz CT molecular complexity index is 568. The fraction of sp³-hybridized carbons (Fsp3) is 0.125. The number of benzene rings is 2. The second kappa shape index (κ2) is 6.36. The highest BCUT2D eigenvalue weighted by Crippen LogP contribution is 2.14. The molecule has 0 saturated carbocycles. The van der Waals surface area contributed by atoms with Crippen LogP contribution in [0.4, 0.5) is 0 Å². The first-order chi connectivity index (χ1) is 9.98. The van der Waals surface area contributed by atoms with Crippen molar-refractivity contribution in [1.29, 1.82) is 0 Å². The molecule has 0 aliphatic carbocycles. The zero-order valence-corrected chi connectivity index (χ0v) is 12.9. The molecule has 0 aliphatic rings. The molecule has 0 heterocycles. The van der Waals surface area contributed by atoms with Crippen molar-refractivity contribution in [3.8, 4) is 0 Å². The van der Waals surface area contributed by atoms with E-state index in [9.17, 15) is 9.59 Å². The number of carbonyl (C=O) groups is 2. The Morgan fingerprint density at radius 2 is 1.05 bits per heavy atom. The molecule has 2 aromatic rings. The van der Waals surface area contributed by atoms with Gasteiger partial charge in [-0.1, -0.05) is 36.4 Å². The molecule has 0 radical (unpaired) electrons. The van der Waals surface area contributed by atoms with Gasteiger partial charge in [0.05, 0.1) is 11.1 Å². The van der Waals surface area contributed by atoms with Crippen molar-refractivity contribution in [2.75, 3.05) is 0 Å². The third kappa shape index (κ3) is 4.29. The quantitative estimate of drug-likeness (QED) is 0.812. The van der Waals surface area contributed by atoms with Crippen LogP contribution in [0.1, 0.15) is 20.7 Å². The molecule has 0 amide bonds. The lowest BCUT2D eigenvalue weighted by atomic mass is 10.2. The van der Waals surface area contributed by atoms with E-state index in [1.807, 2.05) is 12.1 Å². The standard InChI is InChI=1S/C16H16O4Si/c1-21(2,19-15(17)13-9-5-3-6-10-13)20-16(18)14-11-7-4-8-12-14/h3-12H,1-2H3. The molecule has 5 heteroatoms. The molecule has 0 fully saturated rings.